The highest BCUT2D eigenvalue weighted by Gasteiger charge is 2.35. The normalized spacial score (nSPS) is 24.3. The minimum Gasteiger partial charge on any atom is -0.344 e. The number of nitrogens with zero attached hydrogens (tertiary/aromatic N) is 1. The van der Waals surface area contributed by atoms with Crippen molar-refractivity contribution in [1.82, 2.24) is 15.5 Å². The number of amides is 2. The Balaban J connectivity index is 0.00000220. The molecule has 1 aliphatic carbocycles. The number of nitrogens with one attached hydrogen (secondary N) is 2. The van der Waals surface area contributed by atoms with Crippen molar-refractivity contribution in [2.45, 2.75) is 57.5 Å². The van der Waals surface area contributed by atoms with E-state index >= 15 is 0 Å². The summed E-state index contributed by atoms with van der Waals surface area (Å²) in [5.74, 6) is 0.339. The molecule has 0 radical (unpaired) electrons. The van der Waals surface area contributed by atoms with Crippen LogP contribution < -0.4 is 10.6 Å². The molecule has 0 aromatic heterocycles. The average molecular weight is 318 g/mol. The lowest BCUT2D eigenvalue weighted by atomic mass is 9.95. The topological polar surface area (TPSA) is 61.4 Å². The zero-order valence-electron chi connectivity index (χ0n) is 13.1. The van der Waals surface area contributed by atoms with Crippen molar-refractivity contribution in [2.24, 2.45) is 5.92 Å². The van der Waals surface area contributed by atoms with Crippen LogP contribution in [0.2, 0.25) is 0 Å². The van der Waals surface area contributed by atoms with E-state index in [0.717, 1.165) is 38.8 Å². The van der Waals surface area contributed by atoms with Crippen LogP contribution in [0.15, 0.2) is 0 Å². The molecule has 2 aliphatic rings. The highest BCUT2D eigenvalue weighted by Crippen LogP contribution is 2.29. The van der Waals surface area contributed by atoms with Gasteiger partial charge in [0.05, 0.1) is 0 Å². The van der Waals surface area contributed by atoms with Gasteiger partial charge in [-0.25, -0.2) is 0 Å². The quantitative estimate of drug-likeness (QED) is 0.822. The number of piperidine rings is 1. The van der Waals surface area contributed by atoms with E-state index in [4.69, 9.17) is 0 Å². The molecule has 0 aromatic carbocycles. The average Bonchev–Trinajstić information content (AvgIpc) is 2.98. The van der Waals surface area contributed by atoms with Crippen LogP contribution in [0, 0.1) is 5.92 Å². The van der Waals surface area contributed by atoms with Crippen LogP contribution in [0.4, 0.5) is 0 Å². The maximum absolute atomic E-state index is 12.8. The van der Waals surface area contributed by atoms with Crippen molar-refractivity contribution in [3.63, 3.8) is 0 Å². The smallest absolute Gasteiger partial charge is 0.245 e. The summed E-state index contributed by atoms with van der Waals surface area (Å²) >= 11 is 0. The van der Waals surface area contributed by atoms with Gasteiger partial charge in [-0.15, -0.1) is 12.4 Å². The van der Waals surface area contributed by atoms with Crippen LogP contribution in [0.25, 0.3) is 0 Å². The minimum absolute atomic E-state index is 0. The zero-order chi connectivity index (χ0) is 14.5. The Morgan fingerprint density at radius 1 is 1.14 bits per heavy atom. The van der Waals surface area contributed by atoms with Crippen LogP contribution in [0.5, 0.6) is 0 Å². The molecule has 2 atom stereocenters. The molecule has 1 heterocycles. The Kier molecular flexibility index (Phi) is 7.46. The summed E-state index contributed by atoms with van der Waals surface area (Å²) in [4.78, 5) is 26.1. The van der Waals surface area contributed by atoms with Crippen LogP contribution in [-0.2, 0) is 9.59 Å². The largest absolute Gasteiger partial charge is 0.344 e. The third-order valence-electron chi connectivity index (χ3n) is 4.64. The number of likely N-dealkylation sites (N-methyl/N-ethyl adjacent to an activating group) is 1. The van der Waals surface area contributed by atoms with E-state index in [9.17, 15) is 9.59 Å². The van der Waals surface area contributed by atoms with Crippen molar-refractivity contribution in [3.05, 3.63) is 0 Å². The van der Waals surface area contributed by atoms with Gasteiger partial charge in [-0.3, -0.25) is 9.59 Å². The second-order valence-electron chi connectivity index (χ2n) is 6.13. The Hall–Kier alpha value is -0.810. The van der Waals surface area contributed by atoms with Gasteiger partial charge < -0.3 is 15.5 Å². The predicted octanol–water partition coefficient (Wildman–Crippen LogP) is 1.31. The Labute approximate surface area is 133 Å². The Morgan fingerprint density at radius 2 is 1.81 bits per heavy atom. The Morgan fingerprint density at radius 3 is 2.38 bits per heavy atom. The molecule has 5 nitrogen and oxygen atoms in total. The first-order valence-electron chi connectivity index (χ1n) is 7.85. The summed E-state index contributed by atoms with van der Waals surface area (Å²) in [6, 6.07) is 0.0693. The summed E-state index contributed by atoms with van der Waals surface area (Å²) in [7, 11) is 1.95. The summed E-state index contributed by atoms with van der Waals surface area (Å²) in [5, 5.41) is 6.16. The molecule has 0 spiro atoms. The molecule has 1 saturated carbocycles. The van der Waals surface area contributed by atoms with Crippen molar-refractivity contribution >= 4 is 24.2 Å². The van der Waals surface area contributed by atoms with Crippen LogP contribution >= 0.6 is 12.4 Å². The number of rotatable bonds is 4. The van der Waals surface area contributed by atoms with Crippen molar-refractivity contribution in [1.29, 1.82) is 0 Å². The summed E-state index contributed by atoms with van der Waals surface area (Å²) in [5.41, 5.74) is 0. The van der Waals surface area contributed by atoms with Gasteiger partial charge in [-0.05, 0) is 38.6 Å². The molecule has 122 valence electrons. The fourth-order valence-corrected chi connectivity index (χ4v) is 3.50. The van der Waals surface area contributed by atoms with Crippen LogP contribution in [0.1, 0.15) is 45.4 Å². The van der Waals surface area contributed by atoms with E-state index in [1.165, 1.54) is 19.8 Å². The van der Waals surface area contributed by atoms with Gasteiger partial charge in [0.25, 0.3) is 0 Å². The van der Waals surface area contributed by atoms with Crippen molar-refractivity contribution < 1.29 is 9.59 Å². The molecular formula is C15H28ClN3O2. The van der Waals surface area contributed by atoms with Gasteiger partial charge in [0.1, 0.15) is 6.04 Å². The molecule has 2 N–H and O–H groups in total. The van der Waals surface area contributed by atoms with E-state index in [1.54, 1.807) is 0 Å². The molecule has 2 rings (SSSR count). The van der Waals surface area contributed by atoms with Gasteiger partial charge in [-0.1, -0.05) is 12.8 Å². The standard InChI is InChI=1S/C15H27N3O2.ClH/c1-11(19)17-14(12-6-3-4-7-12)15(20)18-9-5-8-13(10-18)16-2;/h12-14,16H,3-10H2,1-2H3,(H,17,19);1H. The molecule has 2 fully saturated rings. The van der Waals surface area contributed by atoms with Crippen LogP contribution in [0.3, 0.4) is 0 Å². The number of likely N-dealkylation sites (tertiary alicyclic amines) is 1. The minimum atomic E-state index is -0.314. The second-order valence-corrected chi connectivity index (χ2v) is 6.13. The van der Waals surface area contributed by atoms with E-state index < -0.39 is 0 Å². The second kappa shape index (κ2) is 8.59. The first-order valence-corrected chi connectivity index (χ1v) is 7.85. The highest BCUT2D eigenvalue weighted by atomic mass is 35.5. The third-order valence-corrected chi connectivity index (χ3v) is 4.64. The lowest BCUT2D eigenvalue weighted by molar-refractivity contribution is -0.138. The lowest BCUT2D eigenvalue weighted by Gasteiger charge is -2.36. The number of hydrogen-bond donors (Lipinski definition) is 2. The maximum atomic E-state index is 12.8. The molecule has 21 heavy (non-hydrogen) atoms. The van der Waals surface area contributed by atoms with Gasteiger partial charge >= 0.3 is 0 Å². The molecular weight excluding hydrogens is 290 g/mol. The van der Waals surface area contributed by atoms with E-state index in [2.05, 4.69) is 10.6 Å². The van der Waals surface area contributed by atoms with Gasteiger partial charge in [0, 0.05) is 26.1 Å². The van der Waals surface area contributed by atoms with E-state index in [-0.39, 0.29) is 30.3 Å². The van der Waals surface area contributed by atoms with Gasteiger partial charge in [-0.2, -0.15) is 0 Å². The fourth-order valence-electron chi connectivity index (χ4n) is 3.50. The summed E-state index contributed by atoms with van der Waals surface area (Å²) in [6.07, 6.45) is 6.61. The molecule has 2 amide bonds. The summed E-state index contributed by atoms with van der Waals surface area (Å²) in [6.45, 7) is 3.08. The number of carbonyl (C=O) groups is 2. The molecule has 1 aliphatic heterocycles. The first-order chi connectivity index (χ1) is 9.61. The fraction of sp³-hybridized carbons (Fsp3) is 0.867. The SMILES string of the molecule is CNC1CCCN(C(=O)C(NC(C)=O)C2CCCC2)C1.Cl. The molecule has 1 saturated heterocycles. The predicted molar refractivity (Wildman–Crippen MR) is 85.5 cm³/mol. The number of hydrogen-bond acceptors (Lipinski definition) is 3. The molecule has 2 unspecified atom stereocenters. The monoisotopic (exact) mass is 317 g/mol. The first kappa shape index (κ1) is 18.2. The van der Waals surface area contributed by atoms with Crippen molar-refractivity contribution in [3.8, 4) is 0 Å². The third kappa shape index (κ3) is 4.85. The van der Waals surface area contributed by atoms with Crippen LogP contribution in [-0.4, -0.2) is 48.9 Å². The molecule has 0 aromatic rings. The zero-order valence-corrected chi connectivity index (χ0v) is 13.9. The van der Waals surface area contributed by atoms with E-state index in [1.807, 2.05) is 11.9 Å². The lowest BCUT2D eigenvalue weighted by Crippen LogP contribution is -2.55. The Bertz CT molecular complexity index is 359. The number of carbonyl (C=O) groups excluding carboxylic acids is 2. The maximum Gasteiger partial charge on any atom is 0.245 e. The molecule has 0 bridgehead atoms. The number of halogens is 1. The van der Waals surface area contributed by atoms with E-state index in [0.29, 0.717) is 12.0 Å². The van der Waals surface area contributed by atoms with Gasteiger partial charge in [0.15, 0.2) is 0 Å². The molecule has 6 heteroatoms. The highest BCUT2D eigenvalue weighted by molar-refractivity contribution is 5.87. The van der Waals surface area contributed by atoms with Gasteiger partial charge in [0.2, 0.25) is 11.8 Å². The summed E-state index contributed by atoms with van der Waals surface area (Å²) < 4.78 is 0. The van der Waals surface area contributed by atoms with Crippen molar-refractivity contribution in [2.75, 3.05) is 20.1 Å².